The Labute approximate surface area is 325 Å². The summed E-state index contributed by atoms with van der Waals surface area (Å²) in [5, 5.41) is 10.3. The van der Waals surface area contributed by atoms with E-state index < -0.39 is 29.9 Å². The Kier molecular flexibility index (Phi) is 18.4. The molecule has 0 saturated heterocycles. The van der Waals surface area contributed by atoms with Crippen molar-refractivity contribution in [2.75, 3.05) is 26.4 Å². The first-order valence-corrected chi connectivity index (χ1v) is 19.2. The maximum absolute atomic E-state index is 12.7. The quantitative estimate of drug-likeness (QED) is 0.0685. The van der Waals surface area contributed by atoms with Crippen LogP contribution in [0.4, 0.5) is 0 Å². The lowest BCUT2D eigenvalue weighted by Crippen LogP contribution is -2.42. The molecule has 7 heteroatoms. The highest BCUT2D eigenvalue weighted by Crippen LogP contribution is 2.41. The fourth-order valence-electron chi connectivity index (χ4n) is 6.78. The summed E-state index contributed by atoms with van der Waals surface area (Å²) >= 11 is 0. The summed E-state index contributed by atoms with van der Waals surface area (Å²) in [6, 6.07) is 0. The second-order valence-electron chi connectivity index (χ2n) is 16.5. The summed E-state index contributed by atoms with van der Waals surface area (Å²) in [5.74, 6) is -1.85. The number of rotatable bonds is 17. The van der Waals surface area contributed by atoms with Gasteiger partial charge in [-0.2, -0.15) is 0 Å². The molecule has 0 spiro atoms. The molecule has 0 aliphatic heterocycles. The lowest BCUT2D eigenvalue weighted by Gasteiger charge is -2.33. The summed E-state index contributed by atoms with van der Waals surface area (Å²) < 4.78 is 16.1. The van der Waals surface area contributed by atoms with Gasteiger partial charge >= 0.3 is 17.9 Å². The van der Waals surface area contributed by atoms with Crippen LogP contribution < -0.4 is 0 Å². The molecule has 2 rings (SSSR count). The second kappa shape index (κ2) is 21.6. The molecule has 2 aliphatic carbocycles. The number of aliphatic hydroxyl groups is 1. The summed E-state index contributed by atoms with van der Waals surface area (Å²) in [5.41, 5.74) is 8.20. The van der Waals surface area contributed by atoms with E-state index in [0.717, 1.165) is 24.0 Å². The van der Waals surface area contributed by atoms with Crippen LogP contribution in [0.15, 0.2) is 117 Å². The van der Waals surface area contributed by atoms with Crippen molar-refractivity contribution in [1.29, 1.82) is 0 Å². The predicted molar refractivity (Wildman–Crippen MR) is 220 cm³/mol. The Morgan fingerprint density at radius 2 is 1.02 bits per heavy atom. The molecule has 0 aromatic rings. The highest BCUT2D eigenvalue weighted by molar-refractivity contribution is 5.84. The molecular weight excluding hydrogens is 677 g/mol. The van der Waals surface area contributed by atoms with Gasteiger partial charge in [0.25, 0.3) is 0 Å². The van der Waals surface area contributed by atoms with Crippen LogP contribution in [-0.2, 0) is 28.6 Å². The summed E-state index contributed by atoms with van der Waals surface area (Å²) in [4.78, 5) is 37.1. The third kappa shape index (κ3) is 16.0. The van der Waals surface area contributed by atoms with E-state index in [-0.39, 0.29) is 30.7 Å². The van der Waals surface area contributed by atoms with E-state index in [2.05, 4.69) is 65.8 Å². The van der Waals surface area contributed by atoms with Gasteiger partial charge in [0.1, 0.15) is 19.8 Å². The van der Waals surface area contributed by atoms with Gasteiger partial charge in [-0.25, -0.2) is 9.59 Å². The van der Waals surface area contributed by atoms with Crippen molar-refractivity contribution in [3.05, 3.63) is 117 Å². The van der Waals surface area contributed by atoms with Crippen LogP contribution >= 0.6 is 0 Å². The molecule has 0 unspecified atom stereocenters. The first-order chi connectivity index (χ1) is 25.3. The van der Waals surface area contributed by atoms with Gasteiger partial charge < -0.3 is 19.3 Å². The zero-order valence-corrected chi connectivity index (χ0v) is 34.9. The van der Waals surface area contributed by atoms with Crippen molar-refractivity contribution in [2.24, 2.45) is 16.2 Å². The molecule has 0 heterocycles. The van der Waals surface area contributed by atoms with E-state index in [1.54, 1.807) is 26.0 Å². The smallest absolute Gasteiger partial charge is 0.331 e. The summed E-state index contributed by atoms with van der Waals surface area (Å²) in [7, 11) is 0. The van der Waals surface area contributed by atoms with Crippen molar-refractivity contribution in [2.45, 2.75) is 115 Å². The van der Waals surface area contributed by atoms with Crippen molar-refractivity contribution < 1.29 is 33.7 Å². The Balaban J connectivity index is 2.01. The lowest BCUT2D eigenvalue weighted by molar-refractivity contribution is -0.160. The number of aliphatic hydroxyl groups excluding tert-OH is 1. The Morgan fingerprint density at radius 1 is 0.630 bits per heavy atom. The first-order valence-electron chi connectivity index (χ1n) is 19.2. The van der Waals surface area contributed by atoms with Crippen LogP contribution in [0.25, 0.3) is 0 Å². The van der Waals surface area contributed by atoms with E-state index in [1.165, 1.54) is 67.1 Å². The molecule has 54 heavy (non-hydrogen) atoms. The fraction of sp³-hybridized carbons (Fsp3) is 0.511. The molecule has 0 aromatic carbocycles. The van der Waals surface area contributed by atoms with Gasteiger partial charge in [-0.05, 0) is 113 Å². The molecule has 296 valence electrons. The number of hydrogen-bond donors (Lipinski definition) is 1. The van der Waals surface area contributed by atoms with E-state index >= 15 is 0 Å². The minimum absolute atomic E-state index is 0.175. The standard InChI is InChI=1S/C47H66O7/c1-34(22-24-41-38(5)20-14-26-45(41,8)9)16-12-18-36(3)28-43(50)53-32-47(30-48,31-52-40(7)49)33-54-44(51)29-37(4)19-13-17-35(2)23-25-42-39(6)21-15-27-46(42,10)11/h12-13,16-19,22-25,28-29,48H,14-15,20-21,26-27,30-33H2,1-11H3. The molecular formula is C47H66O7. The van der Waals surface area contributed by atoms with Crippen molar-refractivity contribution in [3.63, 3.8) is 0 Å². The molecule has 0 radical (unpaired) electrons. The normalized spacial score (nSPS) is 20.0. The molecule has 7 nitrogen and oxygen atoms in total. The molecule has 2 aliphatic rings. The lowest BCUT2D eigenvalue weighted by atomic mass is 9.72. The van der Waals surface area contributed by atoms with Gasteiger partial charge in [0.2, 0.25) is 0 Å². The number of hydrogen-bond acceptors (Lipinski definition) is 7. The van der Waals surface area contributed by atoms with Gasteiger partial charge in [-0.1, -0.05) is 111 Å². The van der Waals surface area contributed by atoms with Crippen molar-refractivity contribution in [1.82, 2.24) is 0 Å². The molecule has 0 aromatic heterocycles. The molecule has 0 saturated carbocycles. The largest absolute Gasteiger partial charge is 0.465 e. The maximum atomic E-state index is 12.7. The van der Waals surface area contributed by atoms with Gasteiger partial charge in [-0.15, -0.1) is 0 Å². The number of carbonyl (C=O) groups is 3. The third-order valence-corrected chi connectivity index (χ3v) is 10.2. The minimum atomic E-state index is -1.34. The first kappa shape index (κ1) is 45.9. The maximum Gasteiger partial charge on any atom is 0.331 e. The van der Waals surface area contributed by atoms with E-state index in [9.17, 15) is 19.5 Å². The monoisotopic (exact) mass is 742 g/mol. The third-order valence-electron chi connectivity index (χ3n) is 10.2. The van der Waals surface area contributed by atoms with Crippen LogP contribution in [0.2, 0.25) is 0 Å². The number of allylic oxidation sites excluding steroid dienone is 18. The zero-order valence-electron chi connectivity index (χ0n) is 34.9. The second-order valence-corrected chi connectivity index (χ2v) is 16.5. The highest BCUT2D eigenvalue weighted by atomic mass is 16.6. The Morgan fingerprint density at radius 3 is 1.37 bits per heavy atom. The molecule has 0 amide bonds. The molecule has 0 bridgehead atoms. The average Bonchev–Trinajstić information content (AvgIpc) is 3.07. The molecule has 1 N–H and O–H groups in total. The molecule has 0 fully saturated rings. The van der Waals surface area contributed by atoms with E-state index in [0.29, 0.717) is 11.1 Å². The topological polar surface area (TPSA) is 99.1 Å². The van der Waals surface area contributed by atoms with Gasteiger partial charge in [0.05, 0.1) is 12.0 Å². The van der Waals surface area contributed by atoms with Gasteiger partial charge in [-0.3, -0.25) is 4.79 Å². The number of esters is 3. The van der Waals surface area contributed by atoms with E-state index in [4.69, 9.17) is 14.2 Å². The van der Waals surface area contributed by atoms with Crippen LogP contribution in [0.3, 0.4) is 0 Å². The molecule has 0 atom stereocenters. The van der Waals surface area contributed by atoms with Crippen LogP contribution in [0.1, 0.15) is 115 Å². The minimum Gasteiger partial charge on any atom is -0.465 e. The van der Waals surface area contributed by atoms with Crippen LogP contribution in [0, 0.1) is 16.2 Å². The Hall–Kier alpha value is -4.23. The number of carbonyl (C=O) groups excluding carboxylic acids is 3. The van der Waals surface area contributed by atoms with Crippen molar-refractivity contribution in [3.8, 4) is 0 Å². The number of ether oxygens (including phenoxy) is 3. The summed E-state index contributed by atoms with van der Waals surface area (Å²) in [6.07, 6.45) is 29.8. The van der Waals surface area contributed by atoms with Crippen LogP contribution in [0.5, 0.6) is 0 Å². The van der Waals surface area contributed by atoms with Gasteiger partial charge in [0, 0.05) is 19.1 Å². The van der Waals surface area contributed by atoms with Crippen molar-refractivity contribution >= 4 is 17.9 Å². The van der Waals surface area contributed by atoms with Crippen LogP contribution in [-0.4, -0.2) is 49.4 Å². The fourth-order valence-corrected chi connectivity index (χ4v) is 6.78. The van der Waals surface area contributed by atoms with Gasteiger partial charge in [0.15, 0.2) is 0 Å². The Bertz CT molecular complexity index is 1550. The highest BCUT2D eigenvalue weighted by Gasteiger charge is 2.35. The summed E-state index contributed by atoms with van der Waals surface area (Å²) in [6.45, 7) is 21.0. The average molecular weight is 743 g/mol. The SMILES string of the molecule is CC(=O)OCC(CO)(COC(=O)C=C(C)C=CC=C(C)C=CC1=C(C)CCCC1(C)C)COC(=O)C=C(C)C=CC=C(C)C=CC1=C(C)CCCC1(C)C. The van der Waals surface area contributed by atoms with E-state index in [1.807, 2.05) is 38.2 Å². The zero-order chi connectivity index (χ0) is 40.5. The predicted octanol–water partition coefficient (Wildman–Crippen LogP) is 10.7.